The lowest BCUT2D eigenvalue weighted by atomic mass is 10.1. The maximum Gasteiger partial charge on any atom is 0.250 e. The van der Waals surface area contributed by atoms with Gasteiger partial charge in [0.25, 0.3) is 0 Å². The molecule has 2 aromatic rings. The largest absolute Gasteiger partial charge is 0.250 e. The van der Waals surface area contributed by atoms with Gasteiger partial charge in [0.2, 0.25) is 5.95 Å². The molecule has 0 radical (unpaired) electrons. The minimum absolute atomic E-state index is 0.169. The first-order valence-electron chi connectivity index (χ1n) is 5.24. The van der Waals surface area contributed by atoms with Crippen molar-refractivity contribution in [3.63, 3.8) is 0 Å². The van der Waals surface area contributed by atoms with Crippen molar-refractivity contribution in [3.8, 4) is 0 Å². The van der Waals surface area contributed by atoms with Crippen LogP contribution in [0.5, 0.6) is 0 Å². The quantitative estimate of drug-likeness (QED) is 0.755. The van der Waals surface area contributed by atoms with Gasteiger partial charge in [0.1, 0.15) is 5.03 Å². The Morgan fingerprint density at radius 1 is 0.944 bits per heavy atom. The highest BCUT2D eigenvalue weighted by molar-refractivity contribution is 7.99. The minimum Gasteiger partial charge on any atom is -0.207 e. The molecular formula is C13H10F3NS. The van der Waals surface area contributed by atoms with Crippen molar-refractivity contribution in [1.82, 2.24) is 4.98 Å². The number of halogens is 3. The SMILES string of the molecule is Cc1ccc(Sc2nc(F)c(F)cc2F)cc1C. The highest BCUT2D eigenvalue weighted by Gasteiger charge is 2.13. The maximum absolute atomic E-state index is 13.4. The summed E-state index contributed by atoms with van der Waals surface area (Å²) in [5.74, 6) is -3.43. The monoisotopic (exact) mass is 269 g/mol. The Hall–Kier alpha value is -1.49. The van der Waals surface area contributed by atoms with E-state index in [2.05, 4.69) is 4.98 Å². The zero-order chi connectivity index (χ0) is 13.3. The number of pyridine rings is 1. The summed E-state index contributed by atoms with van der Waals surface area (Å²) in [6, 6.07) is 6.03. The molecule has 2 rings (SSSR count). The molecule has 1 aromatic carbocycles. The lowest BCUT2D eigenvalue weighted by molar-refractivity contribution is 0.448. The Labute approximate surface area is 107 Å². The van der Waals surface area contributed by atoms with E-state index in [0.29, 0.717) is 6.07 Å². The van der Waals surface area contributed by atoms with Gasteiger partial charge in [-0.15, -0.1) is 0 Å². The second kappa shape index (κ2) is 5.02. The van der Waals surface area contributed by atoms with E-state index in [1.807, 2.05) is 26.0 Å². The average Bonchev–Trinajstić information content (AvgIpc) is 2.31. The van der Waals surface area contributed by atoms with Gasteiger partial charge >= 0.3 is 0 Å². The van der Waals surface area contributed by atoms with Crippen molar-refractivity contribution in [2.45, 2.75) is 23.8 Å². The fraction of sp³-hybridized carbons (Fsp3) is 0.154. The fourth-order valence-corrected chi connectivity index (χ4v) is 2.27. The minimum atomic E-state index is -1.29. The molecule has 0 N–H and O–H groups in total. The molecule has 1 aromatic heterocycles. The topological polar surface area (TPSA) is 12.9 Å². The molecule has 0 spiro atoms. The van der Waals surface area contributed by atoms with E-state index in [-0.39, 0.29) is 5.03 Å². The van der Waals surface area contributed by atoms with E-state index in [0.717, 1.165) is 27.8 Å². The van der Waals surface area contributed by atoms with E-state index in [4.69, 9.17) is 0 Å². The number of aromatic nitrogens is 1. The van der Waals surface area contributed by atoms with Gasteiger partial charge in [0.15, 0.2) is 11.6 Å². The molecule has 0 atom stereocenters. The average molecular weight is 269 g/mol. The van der Waals surface area contributed by atoms with Crippen molar-refractivity contribution in [3.05, 3.63) is 53.0 Å². The number of hydrogen-bond donors (Lipinski definition) is 0. The molecule has 0 aliphatic heterocycles. The van der Waals surface area contributed by atoms with Gasteiger partial charge in [0.05, 0.1) is 0 Å². The summed E-state index contributed by atoms with van der Waals surface area (Å²) in [7, 11) is 0. The van der Waals surface area contributed by atoms with Crippen LogP contribution < -0.4 is 0 Å². The van der Waals surface area contributed by atoms with Crippen LogP contribution in [-0.2, 0) is 0 Å². The zero-order valence-electron chi connectivity index (χ0n) is 9.80. The van der Waals surface area contributed by atoms with Gasteiger partial charge in [-0.05, 0) is 37.1 Å². The van der Waals surface area contributed by atoms with Crippen molar-refractivity contribution in [2.75, 3.05) is 0 Å². The van der Waals surface area contributed by atoms with Crippen LogP contribution in [0.3, 0.4) is 0 Å². The molecule has 0 amide bonds. The second-order valence-corrected chi connectivity index (χ2v) is 4.96. The van der Waals surface area contributed by atoms with Gasteiger partial charge in [-0.3, -0.25) is 0 Å². The lowest BCUT2D eigenvalue weighted by Gasteiger charge is -2.05. The summed E-state index contributed by atoms with van der Waals surface area (Å²) >= 11 is 0.967. The van der Waals surface area contributed by atoms with Crippen LogP contribution in [0.15, 0.2) is 34.2 Å². The summed E-state index contributed by atoms with van der Waals surface area (Å²) in [5, 5.41) is -0.169. The Balaban J connectivity index is 2.34. The molecule has 1 heterocycles. The van der Waals surface area contributed by atoms with Crippen molar-refractivity contribution in [2.24, 2.45) is 0 Å². The molecule has 0 unspecified atom stereocenters. The van der Waals surface area contributed by atoms with Crippen LogP contribution in [0.4, 0.5) is 13.2 Å². The molecule has 5 heteroatoms. The highest BCUT2D eigenvalue weighted by Crippen LogP contribution is 2.30. The van der Waals surface area contributed by atoms with E-state index in [1.165, 1.54) is 0 Å². The number of aryl methyl sites for hydroxylation is 2. The first-order chi connectivity index (χ1) is 8.47. The van der Waals surface area contributed by atoms with Crippen molar-refractivity contribution in [1.29, 1.82) is 0 Å². The van der Waals surface area contributed by atoms with Gasteiger partial charge in [0, 0.05) is 11.0 Å². The predicted molar refractivity (Wildman–Crippen MR) is 64.2 cm³/mol. The normalized spacial score (nSPS) is 10.7. The third kappa shape index (κ3) is 2.67. The fourth-order valence-electron chi connectivity index (χ4n) is 1.39. The van der Waals surface area contributed by atoms with E-state index in [1.54, 1.807) is 6.07 Å². The zero-order valence-corrected chi connectivity index (χ0v) is 10.6. The van der Waals surface area contributed by atoms with Gasteiger partial charge in [-0.1, -0.05) is 17.8 Å². The van der Waals surface area contributed by atoms with E-state index < -0.39 is 17.6 Å². The molecule has 0 fully saturated rings. The van der Waals surface area contributed by atoms with Crippen LogP contribution in [0, 0.1) is 31.4 Å². The smallest absolute Gasteiger partial charge is 0.207 e. The van der Waals surface area contributed by atoms with Crippen LogP contribution in [-0.4, -0.2) is 4.98 Å². The van der Waals surface area contributed by atoms with Gasteiger partial charge in [-0.2, -0.15) is 4.39 Å². The molecule has 0 aliphatic carbocycles. The Bertz CT molecular complexity index is 599. The van der Waals surface area contributed by atoms with Crippen LogP contribution in [0.1, 0.15) is 11.1 Å². The number of rotatable bonds is 2. The van der Waals surface area contributed by atoms with Crippen LogP contribution in [0.2, 0.25) is 0 Å². The molecular weight excluding hydrogens is 259 g/mol. The lowest BCUT2D eigenvalue weighted by Crippen LogP contribution is -1.95. The first-order valence-corrected chi connectivity index (χ1v) is 6.05. The highest BCUT2D eigenvalue weighted by atomic mass is 32.2. The third-order valence-corrected chi connectivity index (χ3v) is 3.52. The molecule has 0 saturated heterocycles. The summed E-state index contributed by atoms with van der Waals surface area (Å²) in [5.41, 5.74) is 2.15. The molecule has 94 valence electrons. The summed E-state index contributed by atoms with van der Waals surface area (Å²) in [6.45, 7) is 3.88. The Kier molecular flexibility index (Phi) is 3.61. The molecule has 0 saturated carbocycles. The molecule has 0 bridgehead atoms. The van der Waals surface area contributed by atoms with Crippen molar-refractivity contribution >= 4 is 11.8 Å². The van der Waals surface area contributed by atoms with E-state index >= 15 is 0 Å². The standard InChI is InChI=1S/C13H10F3NS/c1-7-3-4-9(5-8(7)2)18-13-11(15)6-10(14)12(16)17-13/h3-6H,1-2H3. The first kappa shape index (κ1) is 13.0. The molecule has 1 nitrogen and oxygen atoms in total. The van der Waals surface area contributed by atoms with Gasteiger partial charge < -0.3 is 0 Å². The third-order valence-electron chi connectivity index (χ3n) is 2.55. The van der Waals surface area contributed by atoms with Crippen molar-refractivity contribution < 1.29 is 13.2 Å². The number of benzene rings is 1. The summed E-state index contributed by atoms with van der Waals surface area (Å²) in [4.78, 5) is 4.00. The summed E-state index contributed by atoms with van der Waals surface area (Å²) in [6.07, 6.45) is 0. The molecule has 18 heavy (non-hydrogen) atoms. The summed E-state index contributed by atoms with van der Waals surface area (Å²) < 4.78 is 39.1. The maximum atomic E-state index is 13.4. The van der Waals surface area contributed by atoms with Crippen LogP contribution >= 0.6 is 11.8 Å². The van der Waals surface area contributed by atoms with Crippen LogP contribution in [0.25, 0.3) is 0 Å². The second-order valence-electron chi connectivity index (χ2n) is 3.90. The Morgan fingerprint density at radius 3 is 2.33 bits per heavy atom. The van der Waals surface area contributed by atoms with E-state index in [9.17, 15) is 13.2 Å². The predicted octanol–water partition coefficient (Wildman–Crippen LogP) is 4.27. The number of nitrogens with zero attached hydrogens (tertiary/aromatic N) is 1. The number of hydrogen-bond acceptors (Lipinski definition) is 2. The Morgan fingerprint density at radius 2 is 1.67 bits per heavy atom. The van der Waals surface area contributed by atoms with Gasteiger partial charge in [-0.25, -0.2) is 13.8 Å². The molecule has 0 aliphatic rings.